The first-order chi connectivity index (χ1) is 8.58. The Morgan fingerprint density at radius 2 is 2.06 bits per heavy atom. The highest BCUT2D eigenvalue weighted by Crippen LogP contribution is 2.16. The van der Waals surface area contributed by atoms with Crippen LogP contribution >= 0.6 is 11.8 Å². The van der Waals surface area contributed by atoms with Crippen LogP contribution in [0.4, 0.5) is 11.5 Å². The zero-order chi connectivity index (χ0) is 13.1. The number of nitrogens with one attached hydrogen (secondary N) is 1. The van der Waals surface area contributed by atoms with E-state index >= 15 is 0 Å². The molecular weight excluding hydrogens is 254 g/mol. The smallest absolute Gasteiger partial charge is 0.276 e. The molecule has 1 aromatic rings. The van der Waals surface area contributed by atoms with Crippen molar-refractivity contribution in [3.8, 4) is 0 Å². The van der Waals surface area contributed by atoms with E-state index in [-0.39, 0.29) is 23.2 Å². The fourth-order valence-electron chi connectivity index (χ4n) is 1.73. The lowest BCUT2D eigenvalue weighted by atomic mass is 10.4. The molecule has 1 aromatic heterocycles. The zero-order valence-electron chi connectivity index (χ0n) is 9.81. The number of thioether (sulfide) groups is 1. The molecule has 0 saturated carbocycles. The van der Waals surface area contributed by atoms with E-state index in [1.54, 1.807) is 0 Å². The van der Waals surface area contributed by atoms with Crippen molar-refractivity contribution in [2.75, 3.05) is 30.3 Å². The molecule has 0 radical (unpaired) electrons. The largest absolute Gasteiger partial charge is 0.391 e. The molecule has 1 aliphatic heterocycles. The number of H-pyrrole nitrogens is 1. The van der Waals surface area contributed by atoms with Crippen molar-refractivity contribution in [3.63, 3.8) is 0 Å². The Kier molecular flexibility index (Phi) is 3.75. The topological polar surface area (TPSA) is 118 Å². The van der Waals surface area contributed by atoms with Gasteiger partial charge >= 0.3 is 0 Å². The quantitative estimate of drug-likeness (QED) is 0.510. The lowest BCUT2D eigenvalue weighted by Gasteiger charge is -2.14. The van der Waals surface area contributed by atoms with Crippen LogP contribution in [0.15, 0.2) is 9.95 Å². The highest BCUT2D eigenvalue weighted by molar-refractivity contribution is 7.99. The number of nitrogen functional groups attached to an aromatic ring is 2. The fourth-order valence-corrected chi connectivity index (χ4v) is 2.51. The van der Waals surface area contributed by atoms with Crippen molar-refractivity contribution in [1.82, 2.24) is 14.9 Å². The van der Waals surface area contributed by atoms with Gasteiger partial charge in [-0.15, -0.1) is 0 Å². The predicted molar refractivity (Wildman–Crippen MR) is 70.2 cm³/mol. The van der Waals surface area contributed by atoms with Crippen LogP contribution in [0.25, 0.3) is 0 Å². The van der Waals surface area contributed by atoms with Crippen LogP contribution in [0, 0.1) is 0 Å². The second kappa shape index (κ2) is 5.30. The highest BCUT2D eigenvalue weighted by Gasteiger charge is 2.18. The molecule has 1 aliphatic rings. The summed E-state index contributed by atoms with van der Waals surface area (Å²) in [5, 5.41) is 0.319. The summed E-state index contributed by atoms with van der Waals surface area (Å²) in [4.78, 5) is 31.4. The number of carbonyl (C=O) groups excluding carboxylic acids is 1. The predicted octanol–water partition coefficient (Wildman–Crippen LogP) is -0.351. The van der Waals surface area contributed by atoms with Gasteiger partial charge in [-0.3, -0.25) is 14.6 Å². The second-order valence-electron chi connectivity index (χ2n) is 4.05. The first kappa shape index (κ1) is 12.7. The van der Waals surface area contributed by atoms with Crippen LogP contribution in [0.2, 0.25) is 0 Å². The number of amides is 1. The van der Waals surface area contributed by atoms with E-state index < -0.39 is 5.56 Å². The van der Waals surface area contributed by atoms with Crippen LogP contribution in [-0.2, 0) is 4.79 Å². The Morgan fingerprint density at radius 3 is 2.67 bits per heavy atom. The van der Waals surface area contributed by atoms with Crippen molar-refractivity contribution in [2.24, 2.45) is 0 Å². The average Bonchev–Trinajstić information content (AvgIpc) is 2.86. The van der Waals surface area contributed by atoms with Crippen LogP contribution in [-0.4, -0.2) is 39.6 Å². The van der Waals surface area contributed by atoms with Crippen molar-refractivity contribution in [3.05, 3.63) is 10.4 Å². The van der Waals surface area contributed by atoms with E-state index in [4.69, 9.17) is 11.5 Å². The van der Waals surface area contributed by atoms with Crippen LogP contribution in [0.1, 0.15) is 12.8 Å². The second-order valence-corrected chi connectivity index (χ2v) is 5.01. The zero-order valence-corrected chi connectivity index (χ0v) is 10.6. The van der Waals surface area contributed by atoms with E-state index in [1.165, 1.54) is 0 Å². The number of rotatable bonds is 3. The number of nitrogens with two attached hydrogens (primary N) is 2. The van der Waals surface area contributed by atoms with Gasteiger partial charge in [-0.1, -0.05) is 11.8 Å². The summed E-state index contributed by atoms with van der Waals surface area (Å²) in [6.45, 7) is 1.63. The summed E-state index contributed by atoms with van der Waals surface area (Å²) in [6.07, 6.45) is 2.11. The lowest BCUT2D eigenvalue weighted by Crippen LogP contribution is -2.29. The number of aromatic amines is 1. The van der Waals surface area contributed by atoms with E-state index in [2.05, 4.69) is 9.97 Å². The summed E-state index contributed by atoms with van der Waals surface area (Å²) in [7, 11) is 0. The van der Waals surface area contributed by atoms with Gasteiger partial charge in [0.05, 0.1) is 5.75 Å². The Balaban J connectivity index is 1.98. The molecule has 2 rings (SSSR count). The number of aromatic nitrogens is 2. The molecule has 8 heteroatoms. The molecule has 7 nitrogen and oxygen atoms in total. The van der Waals surface area contributed by atoms with E-state index in [1.807, 2.05) is 4.90 Å². The van der Waals surface area contributed by atoms with E-state index in [9.17, 15) is 9.59 Å². The third-order valence-corrected chi connectivity index (χ3v) is 3.61. The summed E-state index contributed by atoms with van der Waals surface area (Å²) in [5.41, 5.74) is 10.3. The number of nitrogens with zero attached hydrogens (tertiary/aromatic N) is 2. The highest BCUT2D eigenvalue weighted by atomic mass is 32.2. The minimum atomic E-state index is -0.473. The Bertz CT molecular complexity index is 509. The van der Waals surface area contributed by atoms with Gasteiger partial charge in [0, 0.05) is 13.1 Å². The summed E-state index contributed by atoms with van der Waals surface area (Å²) in [5.74, 6) is 0.289. The van der Waals surface area contributed by atoms with Crippen molar-refractivity contribution < 1.29 is 4.79 Å². The maximum Gasteiger partial charge on any atom is 0.276 e. The normalized spacial score (nSPS) is 15.0. The minimum Gasteiger partial charge on any atom is -0.391 e. The third kappa shape index (κ3) is 2.76. The third-order valence-electron chi connectivity index (χ3n) is 2.75. The molecule has 1 fully saturated rings. The first-order valence-electron chi connectivity index (χ1n) is 5.64. The average molecular weight is 269 g/mol. The van der Waals surface area contributed by atoms with Crippen molar-refractivity contribution >= 4 is 29.2 Å². The summed E-state index contributed by atoms with van der Waals surface area (Å²) < 4.78 is 0. The molecule has 18 heavy (non-hydrogen) atoms. The molecule has 0 aliphatic carbocycles. The molecule has 1 amide bonds. The number of hydrogen-bond donors (Lipinski definition) is 3. The van der Waals surface area contributed by atoms with Gasteiger partial charge in [0.25, 0.3) is 5.56 Å². The molecule has 5 N–H and O–H groups in total. The lowest BCUT2D eigenvalue weighted by molar-refractivity contribution is -0.127. The van der Waals surface area contributed by atoms with Gasteiger partial charge in [-0.25, -0.2) is 4.98 Å². The summed E-state index contributed by atoms with van der Waals surface area (Å²) in [6, 6.07) is 0. The van der Waals surface area contributed by atoms with Gasteiger partial charge < -0.3 is 16.4 Å². The molecular formula is C10H15N5O2S. The van der Waals surface area contributed by atoms with Crippen LogP contribution in [0.3, 0.4) is 0 Å². The van der Waals surface area contributed by atoms with Gasteiger partial charge in [-0.05, 0) is 12.8 Å². The molecule has 2 heterocycles. The van der Waals surface area contributed by atoms with Gasteiger partial charge in [-0.2, -0.15) is 0 Å². The molecule has 0 bridgehead atoms. The van der Waals surface area contributed by atoms with Gasteiger partial charge in [0.2, 0.25) is 5.91 Å². The Morgan fingerprint density at radius 1 is 1.39 bits per heavy atom. The van der Waals surface area contributed by atoms with E-state index in [0.29, 0.717) is 5.16 Å². The standard InChI is InChI=1S/C10H15N5O2S/c11-7-8(12)13-10(14-9(7)17)18-5-6(16)15-3-1-2-4-15/h1-5,11H2,(H3,12,13,14,17). The van der Waals surface area contributed by atoms with Crippen molar-refractivity contribution in [1.29, 1.82) is 0 Å². The number of carbonyl (C=O) groups is 1. The molecule has 0 atom stereocenters. The molecule has 1 saturated heterocycles. The first-order valence-corrected chi connectivity index (χ1v) is 6.62. The van der Waals surface area contributed by atoms with Gasteiger partial charge in [0.1, 0.15) is 5.69 Å². The molecule has 0 aromatic carbocycles. The minimum absolute atomic E-state index is 0.00475. The monoisotopic (exact) mass is 269 g/mol. The Hall–Kier alpha value is -1.70. The maximum atomic E-state index is 11.8. The van der Waals surface area contributed by atoms with Crippen LogP contribution < -0.4 is 17.0 Å². The fraction of sp³-hybridized carbons (Fsp3) is 0.500. The summed E-state index contributed by atoms with van der Waals surface area (Å²) >= 11 is 1.16. The SMILES string of the molecule is Nc1nc(SCC(=O)N2CCCC2)[nH]c(=O)c1N. The number of hydrogen-bond acceptors (Lipinski definition) is 6. The maximum absolute atomic E-state index is 11.8. The van der Waals surface area contributed by atoms with Crippen molar-refractivity contribution in [2.45, 2.75) is 18.0 Å². The van der Waals surface area contributed by atoms with Crippen LogP contribution in [0.5, 0.6) is 0 Å². The molecule has 98 valence electrons. The molecule has 0 spiro atoms. The van der Waals surface area contributed by atoms with Gasteiger partial charge in [0.15, 0.2) is 11.0 Å². The Labute approximate surface area is 108 Å². The number of anilines is 2. The van der Waals surface area contributed by atoms with E-state index in [0.717, 1.165) is 37.7 Å². The number of likely N-dealkylation sites (tertiary alicyclic amines) is 1. The molecule has 0 unspecified atom stereocenters.